The number of hydrogen-bond acceptors (Lipinski definition) is 3. The summed E-state index contributed by atoms with van der Waals surface area (Å²) in [6.45, 7) is 1.62. The first-order chi connectivity index (χ1) is 4.70. The Morgan fingerprint density at radius 3 is 2.80 bits per heavy atom. The van der Waals surface area contributed by atoms with Gasteiger partial charge in [0.25, 0.3) is 0 Å². The molecule has 0 bridgehead atoms. The molecular weight excluding hydrogens is 152 g/mol. The summed E-state index contributed by atoms with van der Waals surface area (Å²) in [4.78, 5) is 7.44. The van der Waals surface area contributed by atoms with E-state index in [4.69, 9.17) is 16.7 Å². The van der Waals surface area contributed by atoms with E-state index < -0.39 is 6.10 Å². The highest BCUT2D eigenvalue weighted by atomic mass is 35.5. The van der Waals surface area contributed by atoms with E-state index in [9.17, 15) is 0 Å². The molecule has 0 saturated heterocycles. The SMILES string of the molecule is C[C@H](O)c1ccnc(Cl)n1. The van der Waals surface area contributed by atoms with Crippen molar-refractivity contribution in [1.29, 1.82) is 0 Å². The molecule has 10 heavy (non-hydrogen) atoms. The van der Waals surface area contributed by atoms with Crippen molar-refractivity contribution in [1.82, 2.24) is 9.97 Å². The van der Waals surface area contributed by atoms with Crippen LogP contribution in [0.25, 0.3) is 0 Å². The summed E-state index contributed by atoms with van der Waals surface area (Å²) in [5, 5.41) is 9.16. The maximum Gasteiger partial charge on any atom is 0.222 e. The third kappa shape index (κ3) is 1.65. The fourth-order valence-corrected chi connectivity index (χ4v) is 0.734. The summed E-state index contributed by atoms with van der Waals surface area (Å²) >= 11 is 5.46. The molecule has 1 heterocycles. The Hall–Kier alpha value is -0.670. The molecule has 0 radical (unpaired) electrons. The minimum atomic E-state index is -0.583. The van der Waals surface area contributed by atoms with Crippen molar-refractivity contribution in [3.05, 3.63) is 23.2 Å². The lowest BCUT2D eigenvalue weighted by atomic mass is 10.3. The van der Waals surface area contributed by atoms with Gasteiger partial charge in [0.15, 0.2) is 0 Å². The summed E-state index contributed by atoms with van der Waals surface area (Å²) < 4.78 is 0. The molecule has 0 saturated carbocycles. The number of aliphatic hydroxyl groups excluding tert-OH is 1. The van der Waals surface area contributed by atoms with Crippen molar-refractivity contribution in [3.8, 4) is 0 Å². The highest BCUT2D eigenvalue weighted by Crippen LogP contribution is 2.09. The van der Waals surface area contributed by atoms with Crippen LogP contribution in [0.4, 0.5) is 0 Å². The molecule has 1 aromatic heterocycles. The molecule has 3 nitrogen and oxygen atoms in total. The molecule has 1 aromatic rings. The van der Waals surface area contributed by atoms with E-state index >= 15 is 0 Å². The van der Waals surface area contributed by atoms with E-state index in [0.717, 1.165) is 0 Å². The normalized spacial score (nSPS) is 13.1. The van der Waals surface area contributed by atoms with Gasteiger partial charge >= 0.3 is 0 Å². The number of hydrogen-bond donors (Lipinski definition) is 1. The van der Waals surface area contributed by atoms with Gasteiger partial charge in [0.1, 0.15) is 0 Å². The molecule has 1 atom stereocenters. The second kappa shape index (κ2) is 2.94. The molecule has 0 amide bonds. The first-order valence-corrected chi connectivity index (χ1v) is 3.24. The predicted molar refractivity (Wildman–Crippen MR) is 37.7 cm³/mol. The van der Waals surface area contributed by atoms with Crippen molar-refractivity contribution in [2.75, 3.05) is 0 Å². The lowest BCUT2D eigenvalue weighted by Crippen LogP contribution is -1.95. The Bertz CT molecular complexity index is 227. The van der Waals surface area contributed by atoms with Gasteiger partial charge in [-0.3, -0.25) is 0 Å². The van der Waals surface area contributed by atoms with Crippen LogP contribution >= 0.6 is 11.6 Å². The second-order valence-electron chi connectivity index (χ2n) is 1.93. The van der Waals surface area contributed by atoms with Crippen molar-refractivity contribution >= 4 is 11.6 Å². The molecule has 0 spiro atoms. The largest absolute Gasteiger partial charge is 0.387 e. The van der Waals surface area contributed by atoms with Crippen LogP contribution < -0.4 is 0 Å². The average Bonchev–Trinajstić information content (AvgIpc) is 1.88. The number of nitrogens with zero attached hydrogens (tertiary/aromatic N) is 2. The number of aromatic nitrogens is 2. The Balaban J connectivity index is 2.96. The fourth-order valence-electron chi connectivity index (χ4n) is 0.580. The van der Waals surface area contributed by atoms with Crippen molar-refractivity contribution < 1.29 is 5.11 Å². The maximum atomic E-state index is 9.00. The molecule has 0 aliphatic heterocycles. The van der Waals surface area contributed by atoms with Crippen LogP contribution in [-0.4, -0.2) is 15.1 Å². The van der Waals surface area contributed by atoms with E-state index in [0.29, 0.717) is 5.69 Å². The lowest BCUT2D eigenvalue weighted by molar-refractivity contribution is 0.194. The minimum absolute atomic E-state index is 0.165. The van der Waals surface area contributed by atoms with Gasteiger partial charge in [-0.25, -0.2) is 9.97 Å². The van der Waals surface area contributed by atoms with E-state index in [2.05, 4.69) is 9.97 Å². The topological polar surface area (TPSA) is 46.0 Å². The summed E-state index contributed by atoms with van der Waals surface area (Å²) in [5.41, 5.74) is 0.542. The Labute approximate surface area is 63.7 Å². The van der Waals surface area contributed by atoms with Crippen LogP contribution in [0.3, 0.4) is 0 Å². The van der Waals surface area contributed by atoms with Gasteiger partial charge in [0.2, 0.25) is 5.28 Å². The number of halogens is 1. The van der Waals surface area contributed by atoms with Gasteiger partial charge in [0.05, 0.1) is 11.8 Å². The quantitative estimate of drug-likeness (QED) is 0.625. The zero-order valence-electron chi connectivity index (χ0n) is 5.45. The molecule has 1 N–H and O–H groups in total. The van der Waals surface area contributed by atoms with E-state index in [1.54, 1.807) is 13.0 Å². The molecule has 0 aliphatic rings. The molecule has 0 aromatic carbocycles. The van der Waals surface area contributed by atoms with Crippen LogP contribution in [0.15, 0.2) is 12.3 Å². The van der Waals surface area contributed by atoms with Gasteiger partial charge in [-0.05, 0) is 24.6 Å². The fraction of sp³-hybridized carbons (Fsp3) is 0.333. The zero-order chi connectivity index (χ0) is 7.56. The average molecular weight is 159 g/mol. The van der Waals surface area contributed by atoms with Crippen LogP contribution in [0.5, 0.6) is 0 Å². The predicted octanol–water partition coefficient (Wildman–Crippen LogP) is 1.18. The minimum Gasteiger partial charge on any atom is -0.387 e. The van der Waals surface area contributed by atoms with Crippen LogP contribution in [0.2, 0.25) is 5.28 Å². The standard InChI is InChI=1S/C6H7ClN2O/c1-4(10)5-2-3-8-6(7)9-5/h2-4,10H,1H3/t4-/m0/s1. The molecule has 0 aliphatic carbocycles. The van der Waals surface area contributed by atoms with E-state index in [1.165, 1.54) is 6.20 Å². The molecule has 0 unspecified atom stereocenters. The van der Waals surface area contributed by atoms with Gasteiger partial charge in [-0.2, -0.15) is 0 Å². The third-order valence-corrected chi connectivity index (χ3v) is 1.26. The van der Waals surface area contributed by atoms with Crippen LogP contribution in [0, 0.1) is 0 Å². The lowest BCUT2D eigenvalue weighted by Gasteiger charge is -2.00. The zero-order valence-corrected chi connectivity index (χ0v) is 6.21. The van der Waals surface area contributed by atoms with Gasteiger partial charge in [-0.15, -0.1) is 0 Å². The monoisotopic (exact) mass is 158 g/mol. The van der Waals surface area contributed by atoms with Gasteiger partial charge < -0.3 is 5.11 Å². The smallest absolute Gasteiger partial charge is 0.222 e. The van der Waals surface area contributed by atoms with E-state index in [-0.39, 0.29) is 5.28 Å². The third-order valence-electron chi connectivity index (χ3n) is 1.08. The second-order valence-corrected chi connectivity index (χ2v) is 2.26. The molecule has 1 rings (SSSR count). The summed E-state index contributed by atoms with van der Waals surface area (Å²) in [6.07, 6.45) is 0.928. The van der Waals surface area contributed by atoms with Crippen molar-refractivity contribution in [2.45, 2.75) is 13.0 Å². The maximum absolute atomic E-state index is 9.00. The molecular formula is C6H7ClN2O. The van der Waals surface area contributed by atoms with Crippen LogP contribution in [0.1, 0.15) is 18.7 Å². The summed E-state index contributed by atoms with van der Waals surface area (Å²) in [7, 11) is 0. The highest BCUT2D eigenvalue weighted by Gasteiger charge is 2.01. The van der Waals surface area contributed by atoms with Crippen molar-refractivity contribution in [3.63, 3.8) is 0 Å². The summed E-state index contributed by atoms with van der Waals surface area (Å²) in [5.74, 6) is 0. The van der Waals surface area contributed by atoms with Gasteiger partial charge in [-0.1, -0.05) is 0 Å². The highest BCUT2D eigenvalue weighted by molar-refractivity contribution is 6.28. The Kier molecular flexibility index (Phi) is 2.19. The van der Waals surface area contributed by atoms with Crippen molar-refractivity contribution in [2.24, 2.45) is 0 Å². The Morgan fingerprint density at radius 1 is 1.70 bits per heavy atom. The molecule has 4 heteroatoms. The molecule has 54 valence electrons. The van der Waals surface area contributed by atoms with Crippen LogP contribution in [-0.2, 0) is 0 Å². The molecule has 0 fully saturated rings. The Morgan fingerprint density at radius 2 is 2.40 bits per heavy atom. The first kappa shape index (κ1) is 7.44. The number of aliphatic hydroxyl groups is 1. The van der Waals surface area contributed by atoms with E-state index in [1.807, 2.05) is 0 Å². The first-order valence-electron chi connectivity index (χ1n) is 2.86. The number of rotatable bonds is 1. The van der Waals surface area contributed by atoms with Gasteiger partial charge in [0, 0.05) is 6.20 Å². The summed E-state index contributed by atoms with van der Waals surface area (Å²) in [6, 6.07) is 1.62.